The summed E-state index contributed by atoms with van der Waals surface area (Å²) in [6, 6.07) is 0. The number of hydrogen-bond donors (Lipinski definition) is 0. The number of rotatable bonds is 17. The maximum atomic E-state index is 5.53. The molecule has 0 rings (SSSR count). The fourth-order valence-corrected chi connectivity index (χ4v) is 3.07. The van der Waals surface area contributed by atoms with E-state index in [1.165, 1.54) is 64.2 Å². The molecule has 3 nitrogen and oxygen atoms in total. The van der Waals surface area contributed by atoms with Crippen molar-refractivity contribution in [3.8, 4) is 0 Å². The van der Waals surface area contributed by atoms with E-state index in [2.05, 4.69) is 13.8 Å². The molecule has 0 saturated carbocycles. The van der Waals surface area contributed by atoms with Gasteiger partial charge in [-0.25, -0.2) is 0 Å². The second-order valence-electron chi connectivity index (χ2n) is 5.49. The van der Waals surface area contributed by atoms with E-state index in [1.54, 1.807) is 0 Å². The first-order valence-corrected chi connectivity index (χ1v) is 10.1. The smallest absolute Gasteiger partial charge is 0.311 e. The van der Waals surface area contributed by atoms with Gasteiger partial charge < -0.3 is 9.05 Å². The summed E-state index contributed by atoms with van der Waals surface area (Å²) in [4.78, 5) is 0. The molecule has 0 N–H and O–H groups in total. The van der Waals surface area contributed by atoms with E-state index in [0.717, 1.165) is 12.8 Å². The highest BCUT2D eigenvalue weighted by atomic mass is 35.5. The lowest BCUT2D eigenvalue weighted by molar-refractivity contribution is 0.202. The predicted molar refractivity (Wildman–Crippen MR) is 92.5 cm³/mol. The van der Waals surface area contributed by atoms with Crippen molar-refractivity contribution in [1.29, 1.82) is 0 Å². The fraction of sp³-hybridized carbons (Fsp3) is 1.00. The molecule has 5 heteroatoms. The molecule has 0 unspecified atom stereocenters. The highest BCUT2D eigenvalue weighted by Gasteiger charge is 2.11. The third kappa shape index (κ3) is 16.8. The molecule has 0 aromatic rings. The van der Waals surface area contributed by atoms with E-state index in [9.17, 15) is 0 Å². The molecule has 0 saturated heterocycles. The van der Waals surface area contributed by atoms with Crippen molar-refractivity contribution >= 4 is 20.5 Å². The van der Waals surface area contributed by atoms with Crippen LogP contribution < -0.4 is 0 Å². The van der Waals surface area contributed by atoms with E-state index in [1.807, 2.05) is 0 Å². The second kappa shape index (κ2) is 18.6. The monoisotopic (exact) mass is 340 g/mol. The minimum Gasteiger partial charge on any atom is -0.311 e. The molecule has 0 aliphatic rings. The number of unbranched alkanes of at least 4 members (excludes halogenated alkanes) is 10. The Morgan fingerprint density at radius 3 is 1.38 bits per heavy atom. The molecule has 128 valence electrons. The Morgan fingerprint density at radius 2 is 1.00 bits per heavy atom. The van der Waals surface area contributed by atoms with Gasteiger partial charge in [0.2, 0.25) is 0 Å². The number of halogens is 1. The van der Waals surface area contributed by atoms with E-state index >= 15 is 0 Å². The van der Waals surface area contributed by atoms with Crippen LogP contribution in [0.3, 0.4) is 0 Å². The van der Waals surface area contributed by atoms with Crippen molar-refractivity contribution < 1.29 is 13.1 Å². The van der Waals surface area contributed by atoms with Crippen LogP contribution in [0.2, 0.25) is 0 Å². The molecule has 0 bridgehead atoms. The summed E-state index contributed by atoms with van der Waals surface area (Å²) in [5.41, 5.74) is 0. The topological polar surface area (TPSA) is 27.7 Å². The summed E-state index contributed by atoms with van der Waals surface area (Å²) in [5, 5.41) is 0. The molecule has 0 heterocycles. The molecule has 0 aliphatic heterocycles. The Kier molecular flexibility index (Phi) is 19.2. The van der Waals surface area contributed by atoms with Gasteiger partial charge in [0.1, 0.15) is 0 Å². The van der Waals surface area contributed by atoms with Crippen LogP contribution in [0.15, 0.2) is 0 Å². The Bertz CT molecular complexity index is 178. The first kappa shape index (κ1) is 21.6. The Labute approximate surface area is 138 Å². The minimum atomic E-state index is -1.35. The van der Waals surface area contributed by atoms with Crippen molar-refractivity contribution in [2.24, 2.45) is 0 Å². The molecule has 0 aromatic heterocycles. The second-order valence-corrected chi connectivity index (χ2v) is 7.01. The first-order chi connectivity index (χ1) is 10.3. The molecular formula is C16H34ClO3P. The van der Waals surface area contributed by atoms with Crippen molar-refractivity contribution in [3.63, 3.8) is 0 Å². The van der Waals surface area contributed by atoms with Gasteiger partial charge in [-0.1, -0.05) is 78.1 Å². The molecule has 0 amide bonds. The molecular weight excluding hydrogens is 307 g/mol. The van der Waals surface area contributed by atoms with Crippen LogP contribution in [-0.4, -0.2) is 13.2 Å². The van der Waals surface area contributed by atoms with Gasteiger partial charge in [-0.05, 0) is 12.8 Å². The number of hydrogen-bond acceptors (Lipinski definition) is 3. The Balaban J connectivity index is 3.29. The van der Waals surface area contributed by atoms with Crippen molar-refractivity contribution in [1.82, 2.24) is 0 Å². The van der Waals surface area contributed by atoms with Gasteiger partial charge >= 0.3 is 8.60 Å². The minimum absolute atomic E-state index is 0.682. The van der Waals surface area contributed by atoms with E-state index < -0.39 is 8.60 Å². The van der Waals surface area contributed by atoms with Crippen LogP contribution in [0.4, 0.5) is 0 Å². The van der Waals surface area contributed by atoms with Crippen LogP contribution in [0.25, 0.3) is 0 Å². The average Bonchev–Trinajstić information content (AvgIpc) is 2.51. The van der Waals surface area contributed by atoms with Gasteiger partial charge in [0.05, 0.1) is 25.1 Å². The molecule has 0 fully saturated rings. The van der Waals surface area contributed by atoms with Gasteiger partial charge in [0, 0.05) is 0 Å². The Hall–Kier alpha value is 0.600. The van der Waals surface area contributed by atoms with E-state index in [4.69, 9.17) is 25.0 Å². The zero-order valence-corrected chi connectivity index (χ0v) is 15.6. The van der Waals surface area contributed by atoms with Gasteiger partial charge in [0.15, 0.2) is 0 Å². The van der Waals surface area contributed by atoms with Crippen LogP contribution in [0, 0.1) is 0 Å². The summed E-state index contributed by atoms with van der Waals surface area (Å²) in [6.45, 7) is 5.83. The van der Waals surface area contributed by atoms with Gasteiger partial charge in [-0.2, -0.15) is 4.08 Å². The standard InChI is InChI=1S/C16H34ClO3P/c1-3-5-7-9-11-13-15-18-21(20-17)19-16-14-12-10-8-6-4-2/h3-16H2,1-2H3. The lowest BCUT2D eigenvalue weighted by Gasteiger charge is -2.12. The molecule has 0 radical (unpaired) electrons. The van der Waals surface area contributed by atoms with Crippen LogP contribution >= 0.6 is 20.5 Å². The van der Waals surface area contributed by atoms with E-state index in [-0.39, 0.29) is 0 Å². The lowest BCUT2D eigenvalue weighted by atomic mass is 10.1. The summed E-state index contributed by atoms with van der Waals surface area (Å²) in [6.07, 6.45) is 15.0. The maximum Gasteiger partial charge on any atom is 0.350 e. The average molecular weight is 341 g/mol. The normalized spacial score (nSPS) is 11.4. The van der Waals surface area contributed by atoms with E-state index in [0.29, 0.717) is 13.2 Å². The Morgan fingerprint density at radius 1 is 0.619 bits per heavy atom. The summed E-state index contributed by atoms with van der Waals surface area (Å²) >= 11 is 5.41. The van der Waals surface area contributed by atoms with Crippen molar-refractivity contribution in [3.05, 3.63) is 0 Å². The van der Waals surface area contributed by atoms with Crippen LogP contribution in [0.1, 0.15) is 90.9 Å². The quantitative estimate of drug-likeness (QED) is 0.208. The molecule has 0 aromatic carbocycles. The van der Waals surface area contributed by atoms with Gasteiger partial charge in [-0.3, -0.25) is 0 Å². The van der Waals surface area contributed by atoms with Crippen LogP contribution in [-0.2, 0) is 13.1 Å². The molecule has 0 aliphatic carbocycles. The third-order valence-corrected chi connectivity index (χ3v) is 4.68. The zero-order chi connectivity index (χ0) is 15.6. The first-order valence-electron chi connectivity index (χ1n) is 8.69. The lowest BCUT2D eigenvalue weighted by Crippen LogP contribution is -1.96. The van der Waals surface area contributed by atoms with Crippen molar-refractivity contribution in [2.45, 2.75) is 90.9 Å². The summed E-state index contributed by atoms with van der Waals surface area (Å²) < 4.78 is 15.8. The highest BCUT2D eigenvalue weighted by Crippen LogP contribution is 2.41. The van der Waals surface area contributed by atoms with Crippen LogP contribution in [0.5, 0.6) is 0 Å². The third-order valence-electron chi connectivity index (χ3n) is 3.45. The largest absolute Gasteiger partial charge is 0.350 e. The summed E-state index contributed by atoms with van der Waals surface area (Å²) in [7, 11) is -1.35. The highest BCUT2D eigenvalue weighted by molar-refractivity contribution is 7.42. The van der Waals surface area contributed by atoms with Gasteiger partial charge in [-0.15, -0.1) is 0 Å². The summed E-state index contributed by atoms with van der Waals surface area (Å²) in [5.74, 6) is 0. The zero-order valence-electron chi connectivity index (χ0n) is 13.9. The molecule has 0 spiro atoms. The van der Waals surface area contributed by atoms with Gasteiger partial charge in [0.25, 0.3) is 0 Å². The predicted octanol–water partition coefficient (Wildman–Crippen LogP) is 7.14. The SMILES string of the molecule is CCCCCCCCOP(OCl)OCCCCCCCC. The fourth-order valence-electron chi connectivity index (χ4n) is 2.12. The maximum absolute atomic E-state index is 5.53. The molecule has 0 atom stereocenters. The molecule has 21 heavy (non-hydrogen) atoms. The van der Waals surface area contributed by atoms with Crippen molar-refractivity contribution in [2.75, 3.05) is 13.2 Å².